The molecule has 0 radical (unpaired) electrons. The van der Waals surface area contributed by atoms with Gasteiger partial charge in [-0.2, -0.15) is 0 Å². The molecule has 20 heavy (non-hydrogen) atoms. The van der Waals surface area contributed by atoms with Crippen LogP contribution in [-0.2, 0) is 0 Å². The molecule has 0 aromatic heterocycles. The molecule has 3 N–H and O–H groups in total. The van der Waals surface area contributed by atoms with Crippen molar-refractivity contribution in [3.05, 3.63) is 59.2 Å². The number of nitrogen functional groups attached to an aromatic ring is 1. The summed E-state index contributed by atoms with van der Waals surface area (Å²) < 4.78 is 0. The Morgan fingerprint density at radius 3 is 2.35 bits per heavy atom. The van der Waals surface area contributed by atoms with Crippen LogP contribution in [0.1, 0.15) is 41.3 Å². The van der Waals surface area contributed by atoms with Gasteiger partial charge < -0.3 is 11.1 Å². The number of carbonyl (C=O) groups excluding carboxylic acids is 1. The highest BCUT2D eigenvalue weighted by Gasteiger charge is 2.09. The summed E-state index contributed by atoms with van der Waals surface area (Å²) in [6.07, 6.45) is 0. The van der Waals surface area contributed by atoms with Crippen molar-refractivity contribution >= 4 is 17.3 Å². The van der Waals surface area contributed by atoms with Gasteiger partial charge in [0.05, 0.1) is 11.4 Å². The minimum Gasteiger partial charge on any atom is -0.397 e. The highest BCUT2D eigenvalue weighted by molar-refractivity contribution is 6.05. The summed E-state index contributed by atoms with van der Waals surface area (Å²) in [4.78, 5) is 12.2. The van der Waals surface area contributed by atoms with Crippen molar-refractivity contribution in [3.8, 4) is 0 Å². The van der Waals surface area contributed by atoms with E-state index in [1.807, 2.05) is 43.3 Å². The average Bonchev–Trinajstić information content (AvgIpc) is 2.43. The third-order valence-electron chi connectivity index (χ3n) is 3.30. The molecule has 3 heteroatoms. The number of carbonyl (C=O) groups is 1. The molecule has 0 saturated heterocycles. The van der Waals surface area contributed by atoms with Crippen LogP contribution in [0.15, 0.2) is 42.5 Å². The fourth-order valence-corrected chi connectivity index (χ4v) is 1.99. The van der Waals surface area contributed by atoms with E-state index in [1.54, 1.807) is 6.07 Å². The van der Waals surface area contributed by atoms with Gasteiger partial charge in [0.1, 0.15) is 0 Å². The van der Waals surface area contributed by atoms with Crippen LogP contribution < -0.4 is 11.1 Å². The third kappa shape index (κ3) is 3.18. The van der Waals surface area contributed by atoms with Crippen LogP contribution in [0.5, 0.6) is 0 Å². The fourth-order valence-electron chi connectivity index (χ4n) is 1.99. The number of hydrogen-bond acceptors (Lipinski definition) is 2. The maximum absolute atomic E-state index is 12.2. The van der Waals surface area contributed by atoms with E-state index >= 15 is 0 Å². The van der Waals surface area contributed by atoms with Gasteiger partial charge in [-0.15, -0.1) is 0 Å². The molecule has 2 aromatic rings. The zero-order chi connectivity index (χ0) is 14.7. The maximum Gasteiger partial charge on any atom is 0.255 e. The highest BCUT2D eigenvalue weighted by Crippen LogP contribution is 2.21. The molecular formula is C17H20N2O. The van der Waals surface area contributed by atoms with Crippen molar-refractivity contribution in [1.29, 1.82) is 0 Å². The monoisotopic (exact) mass is 268 g/mol. The predicted octanol–water partition coefficient (Wildman–Crippen LogP) is 3.95. The van der Waals surface area contributed by atoms with E-state index in [0.29, 0.717) is 22.9 Å². The molecule has 0 fully saturated rings. The molecule has 0 unspecified atom stereocenters. The molecule has 0 aliphatic rings. The number of amides is 1. The number of nitrogens with one attached hydrogen (secondary N) is 1. The normalized spacial score (nSPS) is 10.6. The van der Waals surface area contributed by atoms with E-state index in [2.05, 4.69) is 19.2 Å². The Bertz CT molecular complexity index is 615. The number of rotatable bonds is 3. The number of hydrogen-bond donors (Lipinski definition) is 2. The second-order valence-corrected chi connectivity index (χ2v) is 5.32. The van der Waals surface area contributed by atoms with Crippen molar-refractivity contribution in [2.45, 2.75) is 26.7 Å². The summed E-state index contributed by atoms with van der Waals surface area (Å²) in [6.45, 7) is 6.22. The Morgan fingerprint density at radius 2 is 1.75 bits per heavy atom. The van der Waals surface area contributed by atoms with E-state index in [-0.39, 0.29) is 5.91 Å². The quantitative estimate of drug-likeness (QED) is 0.828. The van der Waals surface area contributed by atoms with Crippen molar-refractivity contribution < 1.29 is 4.79 Å². The van der Waals surface area contributed by atoms with Crippen molar-refractivity contribution in [2.75, 3.05) is 11.1 Å². The molecule has 1 amide bonds. The van der Waals surface area contributed by atoms with Crippen molar-refractivity contribution in [3.63, 3.8) is 0 Å². The van der Waals surface area contributed by atoms with Crippen LogP contribution in [0.4, 0.5) is 11.4 Å². The molecule has 0 aliphatic heterocycles. The zero-order valence-corrected chi connectivity index (χ0v) is 12.1. The van der Waals surface area contributed by atoms with Crippen LogP contribution in [0.2, 0.25) is 0 Å². The van der Waals surface area contributed by atoms with Crippen LogP contribution in [0.25, 0.3) is 0 Å². The topological polar surface area (TPSA) is 55.1 Å². The summed E-state index contributed by atoms with van der Waals surface area (Å²) >= 11 is 0. The molecule has 0 atom stereocenters. The van der Waals surface area contributed by atoms with Gasteiger partial charge in [0, 0.05) is 5.56 Å². The van der Waals surface area contributed by atoms with Gasteiger partial charge in [-0.1, -0.05) is 32.0 Å². The zero-order valence-electron chi connectivity index (χ0n) is 12.1. The van der Waals surface area contributed by atoms with Gasteiger partial charge in [-0.25, -0.2) is 0 Å². The molecular weight excluding hydrogens is 248 g/mol. The van der Waals surface area contributed by atoms with Gasteiger partial charge in [0.2, 0.25) is 0 Å². The molecule has 2 rings (SSSR count). The molecule has 0 heterocycles. The Hall–Kier alpha value is -2.29. The van der Waals surface area contributed by atoms with E-state index < -0.39 is 0 Å². The average molecular weight is 268 g/mol. The smallest absolute Gasteiger partial charge is 0.255 e. The minimum absolute atomic E-state index is 0.141. The second kappa shape index (κ2) is 5.78. The van der Waals surface area contributed by atoms with Crippen molar-refractivity contribution in [1.82, 2.24) is 0 Å². The molecule has 0 aliphatic carbocycles. The van der Waals surface area contributed by atoms with Crippen LogP contribution in [0.3, 0.4) is 0 Å². The number of anilines is 2. The summed E-state index contributed by atoms with van der Waals surface area (Å²) in [7, 11) is 0. The summed E-state index contributed by atoms with van der Waals surface area (Å²) in [5, 5.41) is 2.85. The fraction of sp³-hybridized carbons (Fsp3) is 0.235. The second-order valence-electron chi connectivity index (χ2n) is 5.32. The van der Waals surface area contributed by atoms with Gasteiger partial charge in [-0.3, -0.25) is 4.79 Å². The minimum atomic E-state index is -0.141. The lowest BCUT2D eigenvalue weighted by molar-refractivity contribution is 0.102. The first-order valence-corrected chi connectivity index (χ1v) is 6.75. The van der Waals surface area contributed by atoms with Gasteiger partial charge in [0.15, 0.2) is 0 Å². The lowest BCUT2D eigenvalue weighted by Gasteiger charge is -2.10. The number of aryl methyl sites for hydroxylation is 1. The van der Waals surface area contributed by atoms with E-state index in [1.165, 1.54) is 5.56 Å². The highest BCUT2D eigenvalue weighted by atomic mass is 16.1. The number of benzene rings is 2. The lowest BCUT2D eigenvalue weighted by atomic mass is 10.0. The lowest BCUT2D eigenvalue weighted by Crippen LogP contribution is -2.13. The molecule has 0 saturated carbocycles. The Kier molecular flexibility index (Phi) is 4.08. The van der Waals surface area contributed by atoms with E-state index in [9.17, 15) is 4.79 Å². The Labute approximate surface area is 119 Å². The Balaban J connectivity index is 2.17. The maximum atomic E-state index is 12.2. The number of nitrogens with two attached hydrogens (primary N) is 1. The standard InChI is InChI=1S/C17H20N2O/c1-11(2)13-5-7-14(8-6-13)17(20)19-16-10-12(3)4-9-15(16)18/h4-11H,18H2,1-3H3,(H,19,20). The predicted molar refractivity (Wildman–Crippen MR) is 84.1 cm³/mol. The first-order chi connectivity index (χ1) is 9.47. The Morgan fingerprint density at radius 1 is 1.10 bits per heavy atom. The van der Waals surface area contributed by atoms with Crippen LogP contribution in [0, 0.1) is 6.92 Å². The van der Waals surface area contributed by atoms with Gasteiger partial charge in [-0.05, 0) is 48.2 Å². The molecule has 104 valence electrons. The van der Waals surface area contributed by atoms with E-state index in [4.69, 9.17) is 5.73 Å². The van der Waals surface area contributed by atoms with E-state index in [0.717, 1.165) is 5.56 Å². The molecule has 0 spiro atoms. The largest absolute Gasteiger partial charge is 0.397 e. The summed E-state index contributed by atoms with van der Waals surface area (Å²) in [6, 6.07) is 13.2. The molecule has 0 bridgehead atoms. The van der Waals surface area contributed by atoms with Gasteiger partial charge in [0.25, 0.3) is 5.91 Å². The third-order valence-corrected chi connectivity index (χ3v) is 3.30. The first-order valence-electron chi connectivity index (χ1n) is 6.75. The van der Waals surface area contributed by atoms with Crippen LogP contribution in [-0.4, -0.2) is 5.91 Å². The van der Waals surface area contributed by atoms with Crippen LogP contribution >= 0.6 is 0 Å². The molecule has 3 nitrogen and oxygen atoms in total. The SMILES string of the molecule is Cc1ccc(N)c(NC(=O)c2ccc(C(C)C)cc2)c1. The first kappa shape index (κ1) is 14.1. The van der Waals surface area contributed by atoms with Crippen molar-refractivity contribution in [2.24, 2.45) is 0 Å². The van der Waals surface area contributed by atoms with Gasteiger partial charge >= 0.3 is 0 Å². The summed E-state index contributed by atoms with van der Waals surface area (Å²) in [5.74, 6) is 0.317. The molecule has 2 aromatic carbocycles. The summed E-state index contributed by atoms with van der Waals surface area (Å²) in [5.41, 5.74) is 10.0.